The van der Waals surface area contributed by atoms with Crippen molar-refractivity contribution in [3.05, 3.63) is 111 Å². The number of amides is 3. The summed E-state index contributed by atoms with van der Waals surface area (Å²) in [6.07, 6.45) is 6.91. The lowest BCUT2D eigenvalue weighted by Crippen LogP contribution is -2.55. The SMILES string of the molecule is COC(=O)C1(NC(=O)c2ccc(-c3ccc(F)c(F)c3)cc2NC(=O)Nc2c(C)cc(C)cc2C)CCCCCCC1.Cc1cc(C)c(N=C=O)c(C)c1. The molecule has 1 saturated carbocycles. The first-order chi connectivity index (χ1) is 25.7. The molecule has 0 atom stereocenters. The minimum absolute atomic E-state index is 0.110. The normalized spacial score (nSPS) is 13.5. The van der Waals surface area contributed by atoms with E-state index >= 15 is 0 Å². The molecule has 4 aromatic rings. The Morgan fingerprint density at radius 1 is 0.704 bits per heavy atom. The third-order valence-corrected chi connectivity index (χ3v) is 9.61. The van der Waals surface area contributed by atoms with Gasteiger partial charge in [-0.15, -0.1) is 0 Å². The molecule has 1 aliphatic rings. The molecule has 11 heteroatoms. The molecule has 0 aromatic heterocycles. The molecule has 0 aliphatic heterocycles. The van der Waals surface area contributed by atoms with Gasteiger partial charge in [0, 0.05) is 5.69 Å². The number of benzene rings is 4. The highest BCUT2D eigenvalue weighted by atomic mass is 19.2. The summed E-state index contributed by atoms with van der Waals surface area (Å²) in [5.41, 5.74) is 7.30. The van der Waals surface area contributed by atoms with Crippen LogP contribution in [0.3, 0.4) is 0 Å². The summed E-state index contributed by atoms with van der Waals surface area (Å²) in [5.74, 6) is -3.07. The van der Waals surface area contributed by atoms with Crippen LogP contribution in [0, 0.1) is 53.2 Å². The number of carbonyl (C=O) groups is 3. The summed E-state index contributed by atoms with van der Waals surface area (Å²) in [7, 11) is 1.30. The summed E-state index contributed by atoms with van der Waals surface area (Å²) in [4.78, 5) is 53.7. The zero-order chi connectivity index (χ0) is 39.6. The first kappa shape index (κ1) is 41.1. The van der Waals surface area contributed by atoms with Crippen molar-refractivity contribution in [3.8, 4) is 11.1 Å². The van der Waals surface area contributed by atoms with Crippen molar-refractivity contribution in [1.29, 1.82) is 0 Å². The van der Waals surface area contributed by atoms with Crippen molar-refractivity contribution >= 4 is 41.0 Å². The lowest BCUT2D eigenvalue weighted by atomic mass is 9.83. The van der Waals surface area contributed by atoms with E-state index in [0.717, 1.165) is 77.7 Å². The molecule has 0 saturated heterocycles. The van der Waals surface area contributed by atoms with Crippen molar-refractivity contribution in [2.75, 3.05) is 17.7 Å². The number of urea groups is 1. The number of isocyanates is 1. The molecule has 4 aromatic carbocycles. The van der Waals surface area contributed by atoms with Crippen molar-refractivity contribution in [3.63, 3.8) is 0 Å². The third-order valence-electron chi connectivity index (χ3n) is 9.61. The lowest BCUT2D eigenvalue weighted by molar-refractivity contribution is -0.149. The number of methoxy groups -OCH3 is 1. The number of esters is 1. The van der Waals surface area contributed by atoms with Gasteiger partial charge in [-0.05, 0) is 112 Å². The van der Waals surface area contributed by atoms with Gasteiger partial charge in [0.2, 0.25) is 6.08 Å². The van der Waals surface area contributed by atoms with Crippen LogP contribution in [0.25, 0.3) is 11.1 Å². The number of aryl methyl sites for hydroxylation is 6. The number of anilines is 2. The molecule has 0 heterocycles. The Morgan fingerprint density at radius 2 is 1.24 bits per heavy atom. The predicted molar refractivity (Wildman–Crippen MR) is 208 cm³/mol. The number of nitrogens with one attached hydrogen (secondary N) is 3. The van der Waals surface area contributed by atoms with Crippen LogP contribution in [0.4, 0.5) is 30.6 Å². The number of hydrogen-bond acceptors (Lipinski definition) is 6. The Bertz CT molecular complexity index is 2040. The van der Waals surface area contributed by atoms with Gasteiger partial charge in [-0.2, -0.15) is 4.99 Å². The van der Waals surface area contributed by atoms with Gasteiger partial charge < -0.3 is 20.7 Å². The summed E-state index contributed by atoms with van der Waals surface area (Å²) < 4.78 is 32.8. The van der Waals surface area contributed by atoms with E-state index in [1.165, 1.54) is 30.9 Å². The van der Waals surface area contributed by atoms with E-state index in [1.54, 1.807) is 12.1 Å². The smallest absolute Gasteiger partial charge is 0.331 e. The molecule has 9 nitrogen and oxygen atoms in total. The summed E-state index contributed by atoms with van der Waals surface area (Å²) in [6.45, 7) is 11.6. The number of aliphatic imine (C=N–C) groups is 1. The maximum absolute atomic E-state index is 14.0. The second-order valence-electron chi connectivity index (χ2n) is 14.0. The van der Waals surface area contributed by atoms with Crippen molar-refractivity contribution in [2.24, 2.45) is 4.99 Å². The molecule has 1 fully saturated rings. The third kappa shape index (κ3) is 10.3. The Morgan fingerprint density at radius 3 is 1.80 bits per heavy atom. The quantitative estimate of drug-likeness (QED) is 0.0989. The van der Waals surface area contributed by atoms with Gasteiger partial charge in [0.15, 0.2) is 11.6 Å². The highest BCUT2D eigenvalue weighted by Gasteiger charge is 2.41. The van der Waals surface area contributed by atoms with Crippen molar-refractivity contribution < 1.29 is 32.7 Å². The molecule has 5 rings (SSSR count). The Hall–Kier alpha value is -5.67. The van der Waals surface area contributed by atoms with Crippen molar-refractivity contribution in [1.82, 2.24) is 5.32 Å². The zero-order valence-electron chi connectivity index (χ0n) is 32.0. The van der Waals surface area contributed by atoms with E-state index in [-0.39, 0.29) is 11.3 Å². The molecule has 0 radical (unpaired) electrons. The largest absolute Gasteiger partial charge is 0.467 e. The summed E-state index contributed by atoms with van der Waals surface area (Å²) >= 11 is 0. The second-order valence-corrected chi connectivity index (χ2v) is 14.0. The number of halogens is 2. The number of hydrogen-bond donors (Lipinski definition) is 3. The maximum Gasteiger partial charge on any atom is 0.331 e. The standard InChI is InChI=1S/C33H37F2N3O4.C10H11NO/c1-20-16-21(2)29(22(3)17-20)37-32(41)36-28-19-24(23-11-13-26(34)27(35)18-23)10-12-25(28)30(39)38-33(31(40)42-4)14-8-6-5-7-9-15-33;1-7-4-8(2)10(11-6-12)9(3)5-7/h10-13,16-19H,5-9,14-15H2,1-4H3,(H,38,39)(H2,36,37,41);4-5H,1-3H3. The Balaban J connectivity index is 0.000000460. The van der Waals surface area contributed by atoms with E-state index in [2.05, 4.69) is 20.9 Å². The van der Waals surface area contributed by atoms with Crippen LogP contribution < -0.4 is 16.0 Å². The fraction of sp³-hybridized carbons (Fsp3) is 0.349. The lowest BCUT2D eigenvalue weighted by Gasteiger charge is -2.33. The molecular weight excluding hydrogens is 690 g/mol. The van der Waals surface area contributed by atoms with Gasteiger partial charge in [0.25, 0.3) is 5.91 Å². The average Bonchev–Trinajstić information content (AvgIpc) is 3.10. The van der Waals surface area contributed by atoms with Crippen molar-refractivity contribution in [2.45, 2.75) is 92.0 Å². The molecule has 284 valence electrons. The highest BCUT2D eigenvalue weighted by molar-refractivity contribution is 6.08. The van der Waals surface area contributed by atoms with Crippen LogP contribution in [0.15, 0.2) is 65.7 Å². The molecule has 3 amide bonds. The second kappa shape index (κ2) is 18.4. The first-order valence-electron chi connectivity index (χ1n) is 18.0. The van der Waals surface area contributed by atoms with E-state index in [1.807, 2.05) is 65.8 Å². The van der Waals surface area contributed by atoms with Crippen LogP contribution >= 0.6 is 0 Å². The number of carbonyl (C=O) groups excluding carboxylic acids is 4. The van der Waals surface area contributed by atoms with E-state index < -0.39 is 35.1 Å². The molecule has 1 aliphatic carbocycles. The van der Waals surface area contributed by atoms with Gasteiger partial charge >= 0.3 is 12.0 Å². The molecule has 0 bridgehead atoms. The fourth-order valence-electron chi connectivity index (χ4n) is 7.11. The van der Waals surface area contributed by atoms with E-state index in [4.69, 9.17) is 4.74 Å². The molecule has 3 N–H and O–H groups in total. The van der Waals surface area contributed by atoms with Gasteiger partial charge in [-0.3, -0.25) is 4.79 Å². The van der Waals surface area contributed by atoms with Crippen LogP contribution in [0.1, 0.15) is 88.7 Å². The number of ether oxygens (including phenoxy) is 1. The Labute approximate surface area is 315 Å². The summed E-state index contributed by atoms with van der Waals surface area (Å²) in [5, 5.41) is 8.56. The number of nitrogens with zero attached hydrogens (tertiary/aromatic N) is 1. The van der Waals surface area contributed by atoms with Gasteiger partial charge in [0.1, 0.15) is 5.54 Å². The monoisotopic (exact) mass is 738 g/mol. The van der Waals surface area contributed by atoms with Crippen LogP contribution in [-0.4, -0.2) is 36.6 Å². The number of rotatable bonds is 7. The minimum Gasteiger partial charge on any atom is -0.467 e. The van der Waals surface area contributed by atoms with Crippen LogP contribution in [0.5, 0.6) is 0 Å². The average molecular weight is 739 g/mol. The predicted octanol–water partition coefficient (Wildman–Crippen LogP) is 10.2. The van der Waals surface area contributed by atoms with Gasteiger partial charge in [0.05, 0.1) is 24.0 Å². The molecule has 0 unspecified atom stereocenters. The molecule has 54 heavy (non-hydrogen) atoms. The first-order valence-corrected chi connectivity index (χ1v) is 18.0. The molecule has 0 spiro atoms. The Kier molecular flexibility index (Phi) is 14.0. The van der Waals surface area contributed by atoms with Gasteiger partial charge in [-0.1, -0.05) is 79.6 Å². The minimum atomic E-state index is -1.19. The fourth-order valence-corrected chi connectivity index (χ4v) is 7.11. The van der Waals surface area contributed by atoms with Gasteiger partial charge in [-0.25, -0.2) is 23.2 Å². The maximum atomic E-state index is 14.0. The van der Waals surface area contributed by atoms with Crippen LogP contribution in [0.2, 0.25) is 0 Å². The molecular formula is C43H48F2N4O5. The highest BCUT2D eigenvalue weighted by Crippen LogP contribution is 2.32. The topological polar surface area (TPSA) is 126 Å². The van der Waals surface area contributed by atoms with E-state index in [0.29, 0.717) is 29.7 Å². The van der Waals surface area contributed by atoms with E-state index in [9.17, 15) is 28.0 Å². The van der Waals surface area contributed by atoms with Crippen LogP contribution in [-0.2, 0) is 14.3 Å². The zero-order valence-corrected chi connectivity index (χ0v) is 32.0. The summed E-state index contributed by atoms with van der Waals surface area (Å²) in [6, 6.07) is 15.4.